The molecule has 15 heavy (non-hydrogen) atoms. The Morgan fingerprint density at radius 1 is 1.67 bits per heavy atom. The normalized spacial score (nSPS) is 10.5. The second kappa shape index (κ2) is 4.55. The summed E-state index contributed by atoms with van der Waals surface area (Å²) in [6.07, 6.45) is 1.52. The first-order valence-corrected chi connectivity index (χ1v) is 5.82. The van der Waals surface area contributed by atoms with Gasteiger partial charge >= 0.3 is 0 Å². The Morgan fingerprint density at radius 2 is 2.53 bits per heavy atom. The van der Waals surface area contributed by atoms with Crippen LogP contribution in [0.15, 0.2) is 11.5 Å². The highest BCUT2D eigenvalue weighted by molar-refractivity contribution is 7.98. The van der Waals surface area contributed by atoms with Crippen molar-refractivity contribution in [2.75, 3.05) is 5.43 Å². The fraction of sp³-hybridized carbons (Fsp3) is 0.333. The maximum absolute atomic E-state index is 5.31. The summed E-state index contributed by atoms with van der Waals surface area (Å²) < 4.78 is 5.52. The fourth-order valence-corrected chi connectivity index (χ4v) is 2.37. The molecular formula is C6H9N7S2. The van der Waals surface area contributed by atoms with Crippen LogP contribution in [0.1, 0.15) is 5.69 Å². The van der Waals surface area contributed by atoms with Crippen LogP contribution in [-0.2, 0) is 12.8 Å². The molecule has 0 saturated heterocycles. The van der Waals surface area contributed by atoms with Crippen LogP contribution in [0.4, 0.5) is 5.00 Å². The number of hydrogen-bond donors (Lipinski definition) is 2. The predicted octanol–water partition coefficient (Wildman–Crippen LogP) is 0.245. The van der Waals surface area contributed by atoms with E-state index in [9.17, 15) is 0 Å². The summed E-state index contributed by atoms with van der Waals surface area (Å²) in [5.74, 6) is 5.98. The van der Waals surface area contributed by atoms with Crippen molar-refractivity contribution >= 4 is 28.3 Å². The summed E-state index contributed by atoms with van der Waals surface area (Å²) in [5.41, 5.74) is 3.39. The second-order valence-corrected chi connectivity index (χ2v) is 4.34. The molecule has 2 heterocycles. The van der Waals surface area contributed by atoms with Gasteiger partial charge in [-0.25, -0.2) is 15.5 Å². The average molecular weight is 243 g/mol. The molecule has 9 heteroatoms. The molecule has 0 aromatic carbocycles. The first-order valence-electron chi connectivity index (χ1n) is 4.06. The Hall–Kier alpha value is -1.19. The highest BCUT2D eigenvalue weighted by atomic mass is 32.2. The van der Waals surface area contributed by atoms with E-state index in [2.05, 4.69) is 25.1 Å². The van der Waals surface area contributed by atoms with Gasteiger partial charge in [-0.05, 0) is 0 Å². The lowest BCUT2D eigenvalue weighted by molar-refractivity contribution is 0.685. The van der Waals surface area contributed by atoms with E-state index in [4.69, 9.17) is 5.84 Å². The van der Waals surface area contributed by atoms with Gasteiger partial charge in [0.2, 0.25) is 0 Å². The maximum atomic E-state index is 5.31. The molecule has 0 fully saturated rings. The molecule has 0 aliphatic carbocycles. The van der Waals surface area contributed by atoms with E-state index in [0.717, 1.165) is 15.9 Å². The van der Waals surface area contributed by atoms with Crippen LogP contribution in [-0.4, -0.2) is 24.4 Å². The molecule has 2 aromatic heterocycles. The molecule has 0 aliphatic rings. The Morgan fingerprint density at radius 3 is 3.20 bits per heavy atom. The van der Waals surface area contributed by atoms with Gasteiger partial charge in [0, 0.05) is 24.3 Å². The summed E-state index contributed by atoms with van der Waals surface area (Å²) in [5, 5.41) is 9.55. The number of hydrazine groups is 1. The van der Waals surface area contributed by atoms with E-state index in [1.165, 1.54) is 29.6 Å². The zero-order chi connectivity index (χ0) is 10.7. The number of nitrogens with zero attached hydrogens (tertiary/aromatic N) is 5. The van der Waals surface area contributed by atoms with Gasteiger partial charge in [0.15, 0.2) is 5.16 Å². The lowest BCUT2D eigenvalue weighted by Crippen LogP contribution is -2.07. The smallest absolute Gasteiger partial charge is 0.186 e. The van der Waals surface area contributed by atoms with Crippen LogP contribution < -0.4 is 11.3 Å². The van der Waals surface area contributed by atoms with Crippen molar-refractivity contribution in [3.05, 3.63) is 12.0 Å². The van der Waals surface area contributed by atoms with Gasteiger partial charge in [0.1, 0.15) is 17.0 Å². The molecule has 80 valence electrons. The molecule has 0 radical (unpaired) electrons. The highest BCUT2D eigenvalue weighted by Gasteiger charge is 2.09. The van der Waals surface area contributed by atoms with E-state index in [-0.39, 0.29) is 0 Å². The van der Waals surface area contributed by atoms with Crippen LogP contribution in [0.5, 0.6) is 0 Å². The molecule has 2 aromatic rings. The number of anilines is 1. The molecule has 2 rings (SSSR count). The maximum Gasteiger partial charge on any atom is 0.186 e. The van der Waals surface area contributed by atoms with Crippen LogP contribution >= 0.6 is 23.3 Å². The number of rotatable bonds is 4. The molecule has 0 unspecified atom stereocenters. The number of nitrogens with one attached hydrogen (secondary N) is 1. The summed E-state index contributed by atoms with van der Waals surface area (Å²) in [4.78, 5) is 4.09. The number of thioether (sulfide) groups is 1. The largest absolute Gasteiger partial charge is 0.313 e. The van der Waals surface area contributed by atoms with Gasteiger partial charge in [0.25, 0.3) is 0 Å². The standard InChI is InChI=1S/C6H9N7S2/c1-13-6(8-3-9-13)14-2-4-5(10-7)15-12-11-4/h3,10H,2,7H2,1H3. The Kier molecular flexibility index (Phi) is 3.14. The Bertz CT molecular complexity index is 436. The minimum absolute atomic E-state index is 0.669. The third kappa shape index (κ3) is 2.25. The van der Waals surface area contributed by atoms with Crippen molar-refractivity contribution in [1.82, 2.24) is 24.4 Å². The number of aryl methyl sites for hydroxylation is 1. The predicted molar refractivity (Wildman–Crippen MR) is 58.3 cm³/mol. The summed E-state index contributed by atoms with van der Waals surface area (Å²) in [6.45, 7) is 0. The molecule has 0 aliphatic heterocycles. The first kappa shape index (κ1) is 10.3. The molecule has 0 bridgehead atoms. The lowest BCUT2D eigenvalue weighted by Gasteiger charge is -1.99. The average Bonchev–Trinajstić information content (AvgIpc) is 2.83. The minimum Gasteiger partial charge on any atom is -0.313 e. The molecular weight excluding hydrogens is 234 g/mol. The van der Waals surface area contributed by atoms with Crippen LogP contribution in [0.25, 0.3) is 0 Å². The number of aromatic nitrogens is 5. The van der Waals surface area contributed by atoms with E-state index >= 15 is 0 Å². The van der Waals surface area contributed by atoms with Crippen molar-refractivity contribution in [3.63, 3.8) is 0 Å². The zero-order valence-electron chi connectivity index (χ0n) is 7.91. The summed E-state index contributed by atoms with van der Waals surface area (Å²) >= 11 is 2.78. The monoisotopic (exact) mass is 243 g/mol. The summed E-state index contributed by atoms with van der Waals surface area (Å²) in [6, 6.07) is 0. The van der Waals surface area contributed by atoms with Crippen molar-refractivity contribution in [2.24, 2.45) is 12.9 Å². The van der Waals surface area contributed by atoms with Crippen molar-refractivity contribution < 1.29 is 0 Å². The SMILES string of the molecule is Cn1ncnc1SCc1nnsc1NN. The number of hydrogen-bond acceptors (Lipinski definition) is 8. The van der Waals surface area contributed by atoms with Crippen LogP contribution in [0.2, 0.25) is 0 Å². The fourth-order valence-electron chi connectivity index (χ4n) is 0.962. The van der Waals surface area contributed by atoms with E-state index in [1.807, 2.05) is 7.05 Å². The molecule has 0 saturated carbocycles. The van der Waals surface area contributed by atoms with Gasteiger partial charge < -0.3 is 5.43 Å². The quantitative estimate of drug-likeness (QED) is 0.451. The topological polar surface area (TPSA) is 94.5 Å². The van der Waals surface area contributed by atoms with Gasteiger partial charge in [-0.15, -0.1) is 5.10 Å². The molecule has 0 atom stereocenters. The van der Waals surface area contributed by atoms with Crippen LogP contribution in [0.3, 0.4) is 0 Å². The number of nitrogen functional groups attached to an aromatic ring is 1. The minimum atomic E-state index is 0.669. The Labute approximate surface area is 94.2 Å². The summed E-state index contributed by atoms with van der Waals surface area (Å²) in [7, 11) is 1.84. The molecule has 3 N–H and O–H groups in total. The first-order chi connectivity index (χ1) is 7.31. The van der Waals surface area contributed by atoms with Crippen molar-refractivity contribution in [1.29, 1.82) is 0 Å². The molecule has 0 amide bonds. The van der Waals surface area contributed by atoms with Crippen LogP contribution in [0, 0.1) is 0 Å². The second-order valence-electron chi connectivity index (χ2n) is 2.65. The van der Waals surface area contributed by atoms with Gasteiger partial charge in [-0.2, -0.15) is 5.10 Å². The number of nitrogens with two attached hydrogens (primary N) is 1. The van der Waals surface area contributed by atoms with E-state index in [0.29, 0.717) is 5.75 Å². The van der Waals surface area contributed by atoms with Gasteiger partial charge in [-0.1, -0.05) is 16.3 Å². The van der Waals surface area contributed by atoms with Crippen molar-refractivity contribution in [2.45, 2.75) is 10.9 Å². The van der Waals surface area contributed by atoms with Crippen molar-refractivity contribution in [3.8, 4) is 0 Å². The third-order valence-corrected chi connectivity index (χ3v) is 3.44. The Balaban J connectivity index is 2.02. The molecule has 7 nitrogen and oxygen atoms in total. The third-order valence-electron chi connectivity index (χ3n) is 1.69. The van der Waals surface area contributed by atoms with E-state index < -0.39 is 0 Å². The van der Waals surface area contributed by atoms with Gasteiger partial charge in [0.05, 0.1) is 0 Å². The van der Waals surface area contributed by atoms with Gasteiger partial charge in [-0.3, -0.25) is 0 Å². The molecule has 0 spiro atoms. The zero-order valence-corrected chi connectivity index (χ0v) is 9.55. The lowest BCUT2D eigenvalue weighted by atomic mass is 10.5. The van der Waals surface area contributed by atoms with E-state index in [1.54, 1.807) is 4.68 Å². The highest BCUT2D eigenvalue weighted by Crippen LogP contribution is 2.24.